The number of nitrogens with zero attached hydrogens (tertiary/aromatic N) is 4. The van der Waals surface area contributed by atoms with E-state index in [9.17, 15) is 9.18 Å². The number of hydrogen-bond donors (Lipinski definition) is 2. The summed E-state index contributed by atoms with van der Waals surface area (Å²) in [6, 6.07) is 5.10. The monoisotopic (exact) mass is 464 g/mol. The van der Waals surface area contributed by atoms with Gasteiger partial charge in [-0.05, 0) is 31.1 Å². The Kier molecular flexibility index (Phi) is 13.5. The lowest BCUT2D eigenvalue weighted by Gasteiger charge is -2.11. The van der Waals surface area contributed by atoms with Crippen molar-refractivity contribution in [2.24, 2.45) is 31.4 Å². The number of ether oxygens (including phenoxy) is 1. The van der Waals surface area contributed by atoms with Crippen LogP contribution in [0.25, 0.3) is 6.08 Å². The van der Waals surface area contributed by atoms with Crippen LogP contribution in [0.1, 0.15) is 17.5 Å². The van der Waals surface area contributed by atoms with Crippen molar-refractivity contribution in [1.82, 2.24) is 0 Å². The minimum Gasteiger partial charge on any atom is -0.439 e. The van der Waals surface area contributed by atoms with Gasteiger partial charge in [0.15, 0.2) is 0 Å². The Hall–Kier alpha value is -4.20. The van der Waals surface area contributed by atoms with Crippen molar-refractivity contribution in [3.63, 3.8) is 0 Å². The third kappa shape index (κ3) is 10.4. The van der Waals surface area contributed by atoms with Crippen molar-refractivity contribution in [2.45, 2.75) is 19.1 Å². The molecule has 0 radical (unpaired) electrons. The first-order valence-electron chi connectivity index (χ1n) is 10.2. The quantitative estimate of drug-likeness (QED) is 0.201. The summed E-state index contributed by atoms with van der Waals surface area (Å²) >= 11 is 0. The molecule has 0 fully saturated rings. The Labute approximate surface area is 199 Å². The van der Waals surface area contributed by atoms with Crippen LogP contribution in [-0.2, 0) is 11.3 Å². The van der Waals surface area contributed by atoms with E-state index in [-0.39, 0.29) is 24.6 Å². The van der Waals surface area contributed by atoms with Crippen molar-refractivity contribution in [1.29, 1.82) is 0 Å². The van der Waals surface area contributed by atoms with Crippen molar-refractivity contribution >= 4 is 37.6 Å². The summed E-state index contributed by atoms with van der Waals surface area (Å²) in [6.45, 7) is 6.64. The highest BCUT2D eigenvalue weighted by Crippen LogP contribution is 2.23. The fourth-order valence-electron chi connectivity index (χ4n) is 2.50. The van der Waals surface area contributed by atoms with Gasteiger partial charge in [-0.1, -0.05) is 24.3 Å². The Bertz CT molecular complexity index is 1060. The number of rotatable bonds is 13. The number of hydrogen-bond acceptors (Lipinski definition) is 8. The lowest BCUT2D eigenvalue weighted by Crippen LogP contribution is -2.18. The molecule has 1 aromatic carbocycles. The summed E-state index contributed by atoms with van der Waals surface area (Å²) in [5.41, 5.74) is 13.4. The van der Waals surface area contributed by atoms with E-state index in [1.807, 2.05) is 6.08 Å². The van der Waals surface area contributed by atoms with Crippen molar-refractivity contribution in [3.05, 3.63) is 77.3 Å². The molecule has 0 aromatic heterocycles. The molecule has 1 unspecified atom stereocenters. The maximum atomic E-state index is 13.9. The molecule has 1 aromatic rings. The molecule has 0 saturated heterocycles. The van der Waals surface area contributed by atoms with E-state index in [0.29, 0.717) is 29.0 Å². The van der Waals surface area contributed by atoms with Gasteiger partial charge in [0.2, 0.25) is 5.90 Å². The Balaban J connectivity index is 3.13. The van der Waals surface area contributed by atoms with E-state index < -0.39 is 6.17 Å². The van der Waals surface area contributed by atoms with E-state index in [2.05, 4.69) is 33.4 Å². The maximum Gasteiger partial charge on any atom is 0.216 e. The summed E-state index contributed by atoms with van der Waals surface area (Å²) in [7, 11) is 1.56. The van der Waals surface area contributed by atoms with Gasteiger partial charge in [0.25, 0.3) is 0 Å². The highest BCUT2D eigenvalue weighted by molar-refractivity contribution is 5.90. The van der Waals surface area contributed by atoms with E-state index in [1.165, 1.54) is 18.5 Å². The maximum absolute atomic E-state index is 13.9. The molecular weight excluding hydrogens is 435 g/mol. The second kappa shape index (κ2) is 16.4. The molecule has 178 valence electrons. The number of alkyl halides is 1. The standard InChI is InChI=1S/C25H29FN6O2/c1-29-11-6-4-5-7-22(28)14-25(31-3)34-24-13-19(10-12-33)8-9-20(24)17-32-18-21(16-30-2)23(26)15-27/h4-6,8-11,13-14,16,18,23H,1-2,7,15,17,27-28H2,3H3/b5-4-,11-6-,21-16+,22-14?,31-25?,32-18?. The molecular formula is C25H29FN6O2. The minimum absolute atomic E-state index is 0.162. The number of nitrogens with two attached hydrogens (primary N) is 2. The van der Waals surface area contributed by atoms with E-state index in [4.69, 9.17) is 16.2 Å². The minimum atomic E-state index is -1.41. The molecule has 9 heteroatoms. The average molecular weight is 465 g/mol. The van der Waals surface area contributed by atoms with Gasteiger partial charge in [0.1, 0.15) is 17.9 Å². The lowest BCUT2D eigenvalue weighted by atomic mass is 10.1. The molecule has 0 amide bonds. The molecule has 1 rings (SSSR count). The van der Waals surface area contributed by atoms with Crippen LogP contribution in [0.5, 0.6) is 5.75 Å². The Morgan fingerprint density at radius 1 is 1.29 bits per heavy atom. The zero-order valence-corrected chi connectivity index (χ0v) is 19.1. The smallest absolute Gasteiger partial charge is 0.216 e. The largest absolute Gasteiger partial charge is 0.439 e. The third-order valence-corrected chi connectivity index (χ3v) is 4.16. The molecule has 1 atom stereocenters. The number of benzene rings is 1. The first kappa shape index (κ1) is 27.8. The van der Waals surface area contributed by atoms with Crippen LogP contribution in [0.3, 0.4) is 0 Å². The van der Waals surface area contributed by atoms with Crippen molar-refractivity contribution in [3.8, 4) is 5.75 Å². The molecule has 0 aliphatic rings. The van der Waals surface area contributed by atoms with Crippen LogP contribution in [0, 0.1) is 0 Å². The lowest BCUT2D eigenvalue weighted by molar-refractivity contribution is 0.399. The van der Waals surface area contributed by atoms with Crippen LogP contribution in [0.4, 0.5) is 4.39 Å². The van der Waals surface area contributed by atoms with Crippen LogP contribution in [0.15, 0.2) is 86.1 Å². The van der Waals surface area contributed by atoms with Crippen molar-refractivity contribution in [2.75, 3.05) is 13.6 Å². The van der Waals surface area contributed by atoms with E-state index >= 15 is 0 Å². The van der Waals surface area contributed by atoms with E-state index in [0.717, 1.165) is 0 Å². The molecule has 34 heavy (non-hydrogen) atoms. The fourth-order valence-corrected chi connectivity index (χ4v) is 2.50. The molecule has 0 heterocycles. The van der Waals surface area contributed by atoms with Gasteiger partial charge in [-0.25, -0.2) is 9.18 Å². The fraction of sp³-hybridized carbons (Fsp3) is 0.200. The highest BCUT2D eigenvalue weighted by Gasteiger charge is 2.10. The number of aliphatic imine (C=N–C) groups is 4. The Morgan fingerprint density at radius 3 is 2.74 bits per heavy atom. The normalized spacial score (nSPS) is 13.9. The zero-order valence-electron chi connectivity index (χ0n) is 19.1. The predicted molar refractivity (Wildman–Crippen MR) is 139 cm³/mol. The topological polar surface area (TPSA) is 128 Å². The number of carbonyl (C=O) groups excluding carboxylic acids is 1. The molecule has 4 N–H and O–H groups in total. The van der Waals surface area contributed by atoms with Gasteiger partial charge in [-0.2, -0.15) is 0 Å². The van der Waals surface area contributed by atoms with Gasteiger partial charge in [-0.3, -0.25) is 20.0 Å². The second-order valence-electron chi connectivity index (χ2n) is 6.65. The number of halogens is 1. The first-order valence-corrected chi connectivity index (χ1v) is 10.2. The van der Waals surface area contributed by atoms with Gasteiger partial charge in [-0.15, -0.1) is 0 Å². The van der Waals surface area contributed by atoms with Crippen LogP contribution in [0.2, 0.25) is 0 Å². The highest BCUT2D eigenvalue weighted by atomic mass is 19.1. The summed E-state index contributed by atoms with van der Waals surface area (Å²) in [5, 5.41) is 0. The number of allylic oxidation sites excluding steroid dienone is 3. The van der Waals surface area contributed by atoms with Crippen molar-refractivity contribution < 1.29 is 13.9 Å². The predicted octanol–water partition coefficient (Wildman–Crippen LogP) is 3.39. The summed E-state index contributed by atoms with van der Waals surface area (Å²) in [6.07, 6.45) is 11.5. The summed E-state index contributed by atoms with van der Waals surface area (Å²) in [5.74, 6) is 2.40. The molecule has 8 nitrogen and oxygen atoms in total. The second-order valence-corrected chi connectivity index (χ2v) is 6.65. The van der Waals surface area contributed by atoms with Crippen LogP contribution >= 0.6 is 0 Å². The summed E-state index contributed by atoms with van der Waals surface area (Å²) in [4.78, 5) is 26.4. The van der Waals surface area contributed by atoms with E-state index in [1.54, 1.807) is 55.6 Å². The summed E-state index contributed by atoms with van der Waals surface area (Å²) < 4.78 is 19.9. The van der Waals surface area contributed by atoms with Crippen LogP contribution in [-0.4, -0.2) is 51.3 Å². The Morgan fingerprint density at radius 2 is 2.09 bits per heavy atom. The molecule has 0 aliphatic heterocycles. The SMILES string of the molecule is C=N/C=C\C=C/CC(N)=CC(=NC)Oc1cc(C=C=O)ccc1CN=C/C(=C\N=C)C(F)CN. The van der Waals surface area contributed by atoms with Gasteiger partial charge < -0.3 is 16.2 Å². The zero-order chi connectivity index (χ0) is 25.2. The van der Waals surface area contributed by atoms with Gasteiger partial charge in [0.05, 0.1) is 6.54 Å². The molecule has 0 saturated carbocycles. The van der Waals surface area contributed by atoms with Gasteiger partial charge >= 0.3 is 0 Å². The first-order chi connectivity index (χ1) is 16.5. The van der Waals surface area contributed by atoms with Crippen LogP contribution < -0.4 is 16.2 Å². The molecule has 0 bridgehead atoms. The van der Waals surface area contributed by atoms with Gasteiger partial charge in [0, 0.05) is 67.6 Å². The third-order valence-electron chi connectivity index (χ3n) is 4.16. The molecule has 0 aliphatic carbocycles. The molecule has 0 spiro atoms. The average Bonchev–Trinajstić information content (AvgIpc) is 2.83.